The number of nitrogens with zero attached hydrogens (tertiary/aromatic N) is 4. The summed E-state index contributed by atoms with van der Waals surface area (Å²) in [5, 5.41) is 16.0. The third-order valence-electron chi connectivity index (χ3n) is 8.09. The lowest BCUT2D eigenvalue weighted by Gasteiger charge is -2.23. The number of aromatic nitrogens is 4. The van der Waals surface area contributed by atoms with Gasteiger partial charge in [0, 0.05) is 23.6 Å². The number of piperidine rings is 1. The minimum Gasteiger partial charge on any atom is -0.475 e. The topological polar surface area (TPSA) is 168 Å². The van der Waals surface area contributed by atoms with E-state index in [9.17, 15) is 22.5 Å². The van der Waals surface area contributed by atoms with Crippen molar-refractivity contribution in [3.8, 4) is 11.3 Å². The molecule has 12 nitrogen and oxygen atoms in total. The highest BCUT2D eigenvalue weighted by Gasteiger charge is 2.38. The van der Waals surface area contributed by atoms with Crippen molar-refractivity contribution in [1.29, 1.82) is 0 Å². The van der Waals surface area contributed by atoms with Gasteiger partial charge in [-0.05, 0) is 92.4 Å². The molecule has 0 spiro atoms. The van der Waals surface area contributed by atoms with Crippen LogP contribution in [0, 0.1) is 13.8 Å². The molecule has 0 amide bonds. The number of carbonyl (C=O) groups is 2. The smallest absolute Gasteiger partial charge is 0.475 e. The zero-order valence-corrected chi connectivity index (χ0v) is 26.7. The van der Waals surface area contributed by atoms with Crippen molar-refractivity contribution in [2.45, 2.75) is 71.4 Å². The third kappa shape index (κ3) is 7.84. The monoisotopic (exact) mass is 667 g/mol. The number of nitrogens with one attached hydrogen (secondary N) is 1. The van der Waals surface area contributed by atoms with Crippen LogP contribution in [-0.2, 0) is 13.9 Å². The Balaban J connectivity index is 0.000000617. The van der Waals surface area contributed by atoms with Crippen LogP contribution in [0.4, 0.5) is 13.2 Å². The lowest BCUT2D eigenvalue weighted by Crippen LogP contribution is -2.26. The standard InChI is InChI=1S/C28H36N5O5P.C2HF3O2/c1-17(2)26-22-14-21(20-9-11-29-12-10-20)7-8-24(22)33(25(34)6-5-13-38-39(35,36)37)27(26)23-15-32-28(30-16-31-32)19(4)18(23)3;3-2(4,5)1(6)7/h7-8,14-17,20,29H,5-6,9-13H2,1-4H3,(H2,35,36,37);(H,6,7). The molecule has 1 fully saturated rings. The number of alkyl halides is 3. The Kier molecular flexibility index (Phi) is 10.7. The summed E-state index contributed by atoms with van der Waals surface area (Å²) in [4.78, 5) is 45.3. The Morgan fingerprint density at radius 3 is 2.39 bits per heavy atom. The summed E-state index contributed by atoms with van der Waals surface area (Å²) in [6, 6.07) is 6.47. The van der Waals surface area contributed by atoms with E-state index in [2.05, 4.69) is 52.0 Å². The van der Waals surface area contributed by atoms with Gasteiger partial charge in [-0.15, -0.1) is 0 Å². The molecule has 46 heavy (non-hydrogen) atoms. The fraction of sp³-hybridized carbons (Fsp3) is 0.467. The Bertz CT molecular complexity index is 1790. The first kappa shape index (κ1) is 35.2. The molecule has 0 saturated carbocycles. The van der Waals surface area contributed by atoms with E-state index in [-0.39, 0.29) is 31.3 Å². The van der Waals surface area contributed by atoms with Crippen molar-refractivity contribution in [2.24, 2.45) is 0 Å². The number of carbonyl (C=O) groups excluding carboxylic acids is 1. The van der Waals surface area contributed by atoms with Crippen LogP contribution in [0.3, 0.4) is 0 Å². The molecule has 5 rings (SSSR count). The maximum atomic E-state index is 13.9. The number of aliphatic carboxylic acids is 1. The fourth-order valence-electron chi connectivity index (χ4n) is 5.81. The van der Waals surface area contributed by atoms with Gasteiger partial charge in [0.25, 0.3) is 0 Å². The molecule has 4 heterocycles. The van der Waals surface area contributed by atoms with E-state index in [0.29, 0.717) is 5.92 Å². The van der Waals surface area contributed by atoms with Gasteiger partial charge in [-0.2, -0.15) is 18.3 Å². The molecule has 0 radical (unpaired) electrons. The summed E-state index contributed by atoms with van der Waals surface area (Å²) in [5.41, 5.74) is 7.77. The number of fused-ring (bicyclic) bond motifs is 2. The summed E-state index contributed by atoms with van der Waals surface area (Å²) in [7, 11) is -4.59. The third-order valence-corrected chi connectivity index (χ3v) is 8.61. The molecule has 1 aliphatic heterocycles. The molecule has 0 unspecified atom stereocenters. The molecular weight excluding hydrogens is 630 g/mol. The van der Waals surface area contributed by atoms with Gasteiger partial charge in [-0.25, -0.2) is 18.9 Å². The normalized spacial score (nSPS) is 14.6. The quantitative estimate of drug-likeness (QED) is 0.135. The first-order valence-corrected chi connectivity index (χ1v) is 16.3. The van der Waals surface area contributed by atoms with E-state index in [0.717, 1.165) is 70.4 Å². The summed E-state index contributed by atoms with van der Waals surface area (Å²) in [6.07, 6.45) is 0.814. The molecule has 0 bridgehead atoms. The second kappa shape index (κ2) is 14.0. The Labute approximate surface area is 262 Å². The number of phosphoric acid groups is 1. The Morgan fingerprint density at radius 1 is 1.15 bits per heavy atom. The Morgan fingerprint density at radius 2 is 1.80 bits per heavy atom. The zero-order chi connectivity index (χ0) is 34.0. The number of aryl methyl sites for hydroxylation is 1. The molecule has 4 aromatic rings. The lowest BCUT2D eigenvalue weighted by molar-refractivity contribution is -0.192. The molecule has 3 aromatic heterocycles. The van der Waals surface area contributed by atoms with Crippen molar-refractivity contribution in [1.82, 2.24) is 24.5 Å². The number of halogens is 3. The highest BCUT2D eigenvalue weighted by atomic mass is 31.2. The van der Waals surface area contributed by atoms with Crippen molar-refractivity contribution in [2.75, 3.05) is 19.7 Å². The summed E-state index contributed by atoms with van der Waals surface area (Å²) in [5.74, 6) is -2.31. The van der Waals surface area contributed by atoms with Gasteiger partial charge in [0.2, 0.25) is 5.91 Å². The zero-order valence-electron chi connectivity index (χ0n) is 25.8. The van der Waals surface area contributed by atoms with Crippen LogP contribution in [0.2, 0.25) is 0 Å². The van der Waals surface area contributed by atoms with Gasteiger partial charge >= 0.3 is 20.0 Å². The fourth-order valence-corrected chi connectivity index (χ4v) is 6.18. The second-order valence-electron chi connectivity index (χ2n) is 11.5. The molecule has 0 aliphatic carbocycles. The molecule has 4 N–H and O–H groups in total. The molecule has 1 saturated heterocycles. The molecule has 1 aromatic carbocycles. The number of hydrogen-bond donors (Lipinski definition) is 4. The van der Waals surface area contributed by atoms with Crippen LogP contribution >= 0.6 is 7.82 Å². The second-order valence-corrected chi connectivity index (χ2v) is 12.7. The number of phosphoric ester groups is 1. The van der Waals surface area contributed by atoms with Crippen LogP contribution in [0.5, 0.6) is 0 Å². The van der Waals surface area contributed by atoms with Crippen LogP contribution in [0.1, 0.15) is 78.4 Å². The SMILES string of the molecule is Cc1c(-c2c(C(C)C)c3cc(C4CCNCC4)ccc3n2C(=O)CCCOP(=O)(O)O)cn2ncnc2c1C.O=C(O)C(F)(F)F. The predicted octanol–water partition coefficient (Wildman–Crippen LogP) is 5.72. The summed E-state index contributed by atoms with van der Waals surface area (Å²) >= 11 is 0. The van der Waals surface area contributed by atoms with Crippen molar-refractivity contribution in [3.63, 3.8) is 0 Å². The van der Waals surface area contributed by atoms with E-state index >= 15 is 0 Å². The average Bonchev–Trinajstić information content (AvgIpc) is 3.59. The number of pyridine rings is 1. The van der Waals surface area contributed by atoms with Crippen LogP contribution in [0.15, 0.2) is 30.7 Å². The number of carboxylic acid groups (broad SMARTS) is 1. The van der Waals surface area contributed by atoms with Gasteiger partial charge in [-0.1, -0.05) is 19.9 Å². The van der Waals surface area contributed by atoms with Crippen molar-refractivity contribution >= 4 is 36.2 Å². The van der Waals surface area contributed by atoms with E-state index in [1.54, 1.807) is 9.08 Å². The van der Waals surface area contributed by atoms with Gasteiger partial charge < -0.3 is 20.2 Å². The maximum Gasteiger partial charge on any atom is 0.490 e. The molecular formula is C30H37F3N5O7P. The molecule has 250 valence electrons. The summed E-state index contributed by atoms with van der Waals surface area (Å²) in [6.45, 7) is 10.1. The number of rotatable bonds is 8. The first-order chi connectivity index (χ1) is 21.5. The predicted molar refractivity (Wildman–Crippen MR) is 164 cm³/mol. The van der Waals surface area contributed by atoms with Gasteiger partial charge in [0.05, 0.1) is 17.8 Å². The molecule has 0 atom stereocenters. The van der Waals surface area contributed by atoms with E-state index in [4.69, 9.17) is 19.7 Å². The van der Waals surface area contributed by atoms with Gasteiger partial charge in [0.1, 0.15) is 6.33 Å². The molecule has 1 aliphatic rings. The minimum absolute atomic E-state index is 0.0773. The largest absolute Gasteiger partial charge is 0.490 e. The Hall–Kier alpha value is -3.62. The highest BCUT2D eigenvalue weighted by Crippen LogP contribution is 2.42. The van der Waals surface area contributed by atoms with E-state index in [1.165, 1.54) is 11.9 Å². The average molecular weight is 668 g/mol. The highest BCUT2D eigenvalue weighted by molar-refractivity contribution is 7.46. The van der Waals surface area contributed by atoms with E-state index < -0.39 is 20.0 Å². The van der Waals surface area contributed by atoms with Crippen molar-refractivity contribution in [3.05, 3.63) is 53.0 Å². The van der Waals surface area contributed by atoms with Crippen LogP contribution in [0.25, 0.3) is 27.8 Å². The van der Waals surface area contributed by atoms with Gasteiger partial charge in [0.15, 0.2) is 5.65 Å². The molecule has 16 heteroatoms. The lowest BCUT2D eigenvalue weighted by atomic mass is 9.88. The summed E-state index contributed by atoms with van der Waals surface area (Å²) < 4.78 is 51.0. The minimum atomic E-state index is -5.08. The first-order valence-electron chi connectivity index (χ1n) is 14.7. The van der Waals surface area contributed by atoms with Crippen LogP contribution in [-0.4, -0.2) is 71.8 Å². The number of benzene rings is 1. The van der Waals surface area contributed by atoms with Crippen LogP contribution < -0.4 is 5.32 Å². The maximum absolute atomic E-state index is 13.9. The van der Waals surface area contributed by atoms with E-state index in [1.807, 2.05) is 20.0 Å². The van der Waals surface area contributed by atoms with Crippen molar-refractivity contribution < 1.29 is 46.7 Å². The number of hydrogen-bond acceptors (Lipinski definition) is 7. The van der Waals surface area contributed by atoms with Gasteiger partial charge in [-0.3, -0.25) is 13.9 Å². The number of carboxylic acids is 1.